The SMILES string of the molecule is O=C1SC(Cc2ccc(O)c3ccccc23)C(=O)N1C(c1ccccc1)(c1ccccc1)c1ccccc1. The van der Waals surface area contributed by atoms with Crippen LogP contribution in [0.1, 0.15) is 22.3 Å². The highest BCUT2D eigenvalue weighted by Gasteiger charge is 2.54. The van der Waals surface area contributed by atoms with Gasteiger partial charge >= 0.3 is 0 Å². The van der Waals surface area contributed by atoms with Crippen molar-refractivity contribution < 1.29 is 14.7 Å². The molecule has 1 aliphatic heterocycles. The Morgan fingerprint density at radius 2 is 1.11 bits per heavy atom. The topological polar surface area (TPSA) is 57.6 Å². The molecule has 1 N–H and O–H groups in total. The van der Waals surface area contributed by atoms with Crippen LogP contribution in [0, 0.1) is 0 Å². The summed E-state index contributed by atoms with van der Waals surface area (Å²) in [5.74, 6) is -0.0302. The molecule has 0 bridgehead atoms. The Hall–Kier alpha value is -4.35. The normalized spacial score (nSPS) is 15.8. The quantitative estimate of drug-likeness (QED) is 0.244. The van der Waals surface area contributed by atoms with Crippen molar-refractivity contribution in [1.82, 2.24) is 4.90 Å². The fraction of sp³-hybridized carbons (Fsp3) is 0.0909. The van der Waals surface area contributed by atoms with E-state index in [0.29, 0.717) is 6.42 Å². The zero-order valence-corrected chi connectivity index (χ0v) is 21.3. The molecule has 5 heteroatoms. The Bertz CT molecular complexity index is 1520. The summed E-state index contributed by atoms with van der Waals surface area (Å²) >= 11 is 1.08. The number of hydrogen-bond donors (Lipinski definition) is 1. The summed E-state index contributed by atoms with van der Waals surface area (Å²) in [5, 5.41) is 11.1. The van der Waals surface area contributed by atoms with E-state index in [0.717, 1.165) is 44.8 Å². The van der Waals surface area contributed by atoms with Crippen molar-refractivity contribution in [2.24, 2.45) is 0 Å². The van der Waals surface area contributed by atoms with Gasteiger partial charge in [-0.1, -0.05) is 133 Å². The first kappa shape index (κ1) is 24.0. The largest absolute Gasteiger partial charge is 0.507 e. The van der Waals surface area contributed by atoms with Crippen LogP contribution >= 0.6 is 11.8 Å². The second-order valence-electron chi connectivity index (χ2n) is 9.35. The number of imide groups is 1. The Morgan fingerprint density at radius 1 is 0.632 bits per heavy atom. The second-order valence-corrected chi connectivity index (χ2v) is 10.5. The van der Waals surface area contributed by atoms with E-state index in [1.165, 1.54) is 4.90 Å². The average molecular weight is 516 g/mol. The van der Waals surface area contributed by atoms with Crippen LogP contribution in [0.5, 0.6) is 5.75 Å². The fourth-order valence-corrected chi connectivity index (χ4v) is 6.58. The van der Waals surface area contributed by atoms with Gasteiger partial charge in [0.2, 0.25) is 5.91 Å². The van der Waals surface area contributed by atoms with Crippen molar-refractivity contribution in [3.8, 4) is 5.75 Å². The third kappa shape index (κ3) is 3.87. The Morgan fingerprint density at radius 3 is 1.63 bits per heavy atom. The standard InChI is InChI=1S/C33H25NO3S/c35-29-21-20-23(27-18-10-11-19-28(27)29)22-30-31(36)34(32(37)38-30)33(24-12-4-1-5-13-24,25-14-6-2-7-15-25)26-16-8-3-9-17-26/h1-21,30,35H,22H2. The summed E-state index contributed by atoms with van der Waals surface area (Å²) in [7, 11) is 0. The molecule has 0 radical (unpaired) electrons. The van der Waals surface area contributed by atoms with Gasteiger partial charge in [-0.2, -0.15) is 0 Å². The Kier molecular flexibility index (Phi) is 6.22. The molecule has 6 rings (SSSR count). The monoisotopic (exact) mass is 515 g/mol. The minimum absolute atomic E-state index is 0.198. The van der Waals surface area contributed by atoms with Crippen LogP contribution in [-0.4, -0.2) is 26.4 Å². The van der Waals surface area contributed by atoms with Gasteiger partial charge in [-0.15, -0.1) is 0 Å². The maximum absolute atomic E-state index is 14.3. The minimum atomic E-state index is -1.13. The molecule has 1 saturated heterocycles. The molecule has 38 heavy (non-hydrogen) atoms. The van der Waals surface area contributed by atoms with Crippen LogP contribution in [0.15, 0.2) is 127 Å². The zero-order valence-electron chi connectivity index (χ0n) is 20.5. The summed E-state index contributed by atoms with van der Waals surface area (Å²) < 4.78 is 0. The van der Waals surface area contributed by atoms with Crippen molar-refractivity contribution in [1.29, 1.82) is 0 Å². The first-order chi connectivity index (χ1) is 18.6. The molecule has 0 aliphatic carbocycles. The predicted octanol–water partition coefficient (Wildman–Crippen LogP) is 7.14. The van der Waals surface area contributed by atoms with Crippen molar-refractivity contribution in [2.75, 3.05) is 0 Å². The lowest BCUT2D eigenvalue weighted by Gasteiger charge is -2.42. The minimum Gasteiger partial charge on any atom is -0.507 e. The molecule has 1 unspecified atom stereocenters. The van der Waals surface area contributed by atoms with E-state index in [1.807, 2.05) is 121 Å². The van der Waals surface area contributed by atoms with Crippen molar-refractivity contribution in [2.45, 2.75) is 17.2 Å². The van der Waals surface area contributed by atoms with Crippen LogP contribution in [0.25, 0.3) is 10.8 Å². The number of carbonyl (C=O) groups is 2. The zero-order chi connectivity index (χ0) is 26.1. The molecule has 1 fully saturated rings. The number of nitrogens with zero attached hydrogens (tertiary/aromatic N) is 1. The second kappa shape index (κ2) is 9.84. The molecule has 5 aromatic carbocycles. The van der Waals surface area contributed by atoms with Crippen molar-refractivity contribution in [3.05, 3.63) is 150 Å². The van der Waals surface area contributed by atoms with Gasteiger partial charge in [0.15, 0.2) is 0 Å². The van der Waals surface area contributed by atoms with Gasteiger partial charge in [-0.3, -0.25) is 14.5 Å². The Labute approximate surface area is 225 Å². The first-order valence-electron chi connectivity index (χ1n) is 12.5. The molecule has 0 spiro atoms. The predicted molar refractivity (Wildman–Crippen MR) is 152 cm³/mol. The number of aromatic hydroxyl groups is 1. The number of amides is 2. The number of fused-ring (bicyclic) bond motifs is 1. The van der Waals surface area contributed by atoms with Crippen LogP contribution in [0.3, 0.4) is 0 Å². The molecule has 1 atom stereocenters. The van der Waals surface area contributed by atoms with E-state index in [1.54, 1.807) is 6.07 Å². The first-order valence-corrected chi connectivity index (χ1v) is 13.4. The van der Waals surface area contributed by atoms with Gasteiger partial charge in [0.05, 0.1) is 5.25 Å². The summed E-state index contributed by atoms with van der Waals surface area (Å²) in [5.41, 5.74) is 2.32. The third-order valence-electron chi connectivity index (χ3n) is 7.23. The molecule has 0 aromatic heterocycles. The molecule has 1 aliphatic rings. The average Bonchev–Trinajstić information content (AvgIpc) is 3.25. The molecule has 2 amide bonds. The van der Waals surface area contributed by atoms with E-state index in [-0.39, 0.29) is 16.9 Å². The number of carbonyl (C=O) groups excluding carboxylic acids is 2. The van der Waals surface area contributed by atoms with E-state index in [9.17, 15) is 14.7 Å². The van der Waals surface area contributed by atoms with Gasteiger partial charge in [-0.25, -0.2) is 0 Å². The van der Waals surface area contributed by atoms with Crippen LogP contribution in [0.4, 0.5) is 4.79 Å². The van der Waals surface area contributed by atoms with E-state index < -0.39 is 10.8 Å². The Balaban J connectivity index is 1.51. The van der Waals surface area contributed by atoms with Crippen LogP contribution < -0.4 is 0 Å². The number of phenolic OH excluding ortho intramolecular Hbond substituents is 1. The number of thioether (sulfide) groups is 1. The van der Waals surface area contributed by atoms with Crippen LogP contribution in [0.2, 0.25) is 0 Å². The maximum Gasteiger partial charge on any atom is 0.290 e. The number of rotatable bonds is 6. The lowest BCUT2D eigenvalue weighted by atomic mass is 9.75. The van der Waals surface area contributed by atoms with Crippen LogP contribution in [-0.2, 0) is 16.8 Å². The fourth-order valence-electron chi connectivity index (χ4n) is 5.54. The van der Waals surface area contributed by atoms with Gasteiger partial charge in [-0.05, 0) is 40.1 Å². The van der Waals surface area contributed by atoms with Gasteiger partial charge in [0.1, 0.15) is 11.3 Å². The lowest BCUT2D eigenvalue weighted by Crippen LogP contribution is -2.51. The van der Waals surface area contributed by atoms with Crippen molar-refractivity contribution in [3.63, 3.8) is 0 Å². The van der Waals surface area contributed by atoms with E-state index in [4.69, 9.17) is 0 Å². The summed E-state index contributed by atoms with van der Waals surface area (Å²) in [4.78, 5) is 29.7. The number of phenols is 1. The molecule has 186 valence electrons. The lowest BCUT2D eigenvalue weighted by molar-refractivity contribution is -0.129. The van der Waals surface area contributed by atoms with Gasteiger partial charge in [0.25, 0.3) is 5.24 Å². The summed E-state index contributed by atoms with van der Waals surface area (Å²) in [6.45, 7) is 0. The van der Waals surface area contributed by atoms with Gasteiger partial charge < -0.3 is 5.11 Å². The highest BCUT2D eigenvalue weighted by atomic mass is 32.2. The number of benzene rings is 5. The van der Waals surface area contributed by atoms with E-state index in [2.05, 4.69) is 0 Å². The highest BCUT2D eigenvalue weighted by molar-refractivity contribution is 8.15. The molecule has 1 heterocycles. The molecular weight excluding hydrogens is 490 g/mol. The third-order valence-corrected chi connectivity index (χ3v) is 8.27. The number of hydrogen-bond acceptors (Lipinski definition) is 4. The summed E-state index contributed by atoms with van der Waals surface area (Å²) in [6, 6.07) is 40.4. The van der Waals surface area contributed by atoms with E-state index >= 15 is 0 Å². The molecule has 5 aromatic rings. The highest BCUT2D eigenvalue weighted by Crippen LogP contribution is 2.48. The maximum atomic E-state index is 14.3. The smallest absolute Gasteiger partial charge is 0.290 e. The molecule has 0 saturated carbocycles. The van der Waals surface area contributed by atoms with Crippen molar-refractivity contribution >= 4 is 33.7 Å². The summed E-state index contributed by atoms with van der Waals surface area (Å²) in [6.07, 6.45) is 0.376. The van der Waals surface area contributed by atoms with Gasteiger partial charge in [0, 0.05) is 5.39 Å². The molecule has 4 nitrogen and oxygen atoms in total. The molecular formula is C33H25NO3S.